The van der Waals surface area contributed by atoms with Gasteiger partial charge in [-0.15, -0.1) is 0 Å². The van der Waals surface area contributed by atoms with Gasteiger partial charge < -0.3 is 4.90 Å². The van der Waals surface area contributed by atoms with Crippen molar-refractivity contribution >= 4 is 21.6 Å². The van der Waals surface area contributed by atoms with Gasteiger partial charge in [-0.1, -0.05) is 30.7 Å². The van der Waals surface area contributed by atoms with Gasteiger partial charge in [0.1, 0.15) is 4.90 Å². The van der Waals surface area contributed by atoms with E-state index in [1.807, 2.05) is 0 Å². The average molecular weight is 289 g/mol. The lowest BCUT2D eigenvalue weighted by Crippen LogP contribution is -2.48. The highest BCUT2D eigenvalue weighted by molar-refractivity contribution is 7.89. The largest absolute Gasteiger partial charge is 0.301 e. The molecule has 1 saturated heterocycles. The standard InChI is InChI=1S/C12H17ClN2O2S/c1-2-14-7-9-15(10-8-14)18(16,17)12-6-4-3-5-11(12)13/h3-6H,2,7-10H2,1H3. The molecule has 0 aliphatic carbocycles. The minimum atomic E-state index is -3.45. The second-order valence-electron chi connectivity index (χ2n) is 4.27. The fourth-order valence-electron chi connectivity index (χ4n) is 2.08. The first-order valence-electron chi connectivity index (χ1n) is 6.02. The fraction of sp³-hybridized carbons (Fsp3) is 0.500. The third-order valence-corrected chi connectivity index (χ3v) is 5.63. The summed E-state index contributed by atoms with van der Waals surface area (Å²) < 4.78 is 26.4. The van der Waals surface area contributed by atoms with E-state index in [-0.39, 0.29) is 9.92 Å². The Morgan fingerprint density at radius 2 is 1.78 bits per heavy atom. The van der Waals surface area contributed by atoms with E-state index in [9.17, 15) is 8.42 Å². The van der Waals surface area contributed by atoms with Crippen molar-refractivity contribution in [2.75, 3.05) is 32.7 Å². The van der Waals surface area contributed by atoms with Gasteiger partial charge in [0.05, 0.1) is 5.02 Å². The molecule has 1 aliphatic rings. The third-order valence-electron chi connectivity index (χ3n) is 3.23. The van der Waals surface area contributed by atoms with Crippen molar-refractivity contribution in [2.24, 2.45) is 0 Å². The molecule has 0 N–H and O–H groups in total. The predicted molar refractivity (Wildman–Crippen MR) is 72.3 cm³/mol. The molecule has 0 amide bonds. The zero-order valence-corrected chi connectivity index (χ0v) is 11.9. The first-order valence-corrected chi connectivity index (χ1v) is 7.84. The van der Waals surface area contributed by atoms with Gasteiger partial charge in [-0.2, -0.15) is 4.31 Å². The van der Waals surface area contributed by atoms with Crippen LogP contribution in [0.1, 0.15) is 6.92 Å². The molecule has 0 radical (unpaired) electrons. The smallest absolute Gasteiger partial charge is 0.244 e. The van der Waals surface area contributed by atoms with Crippen LogP contribution < -0.4 is 0 Å². The Bertz CT molecular complexity index is 511. The van der Waals surface area contributed by atoms with Crippen LogP contribution in [0.4, 0.5) is 0 Å². The highest BCUT2D eigenvalue weighted by Gasteiger charge is 2.29. The minimum absolute atomic E-state index is 0.205. The van der Waals surface area contributed by atoms with E-state index in [0.29, 0.717) is 13.1 Å². The van der Waals surface area contributed by atoms with Crippen molar-refractivity contribution < 1.29 is 8.42 Å². The van der Waals surface area contributed by atoms with E-state index in [2.05, 4.69) is 11.8 Å². The normalized spacial score (nSPS) is 19.0. The maximum absolute atomic E-state index is 12.4. The molecule has 1 aromatic carbocycles. The van der Waals surface area contributed by atoms with Gasteiger partial charge in [0.15, 0.2) is 0 Å². The maximum atomic E-state index is 12.4. The number of likely N-dealkylation sites (N-methyl/N-ethyl adjacent to an activating group) is 1. The number of hydrogen-bond donors (Lipinski definition) is 0. The number of benzene rings is 1. The lowest BCUT2D eigenvalue weighted by Gasteiger charge is -2.33. The quantitative estimate of drug-likeness (QED) is 0.849. The summed E-state index contributed by atoms with van der Waals surface area (Å²) in [5.41, 5.74) is 0. The van der Waals surface area contributed by atoms with Crippen molar-refractivity contribution in [3.05, 3.63) is 29.3 Å². The van der Waals surface area contributed by atoms with E-state index in [4.69, 9.17) is 11.6 Å². The number of sulfonamides is 1. The second kappa shape index (κ2) is 5.57. The van der Waals surface area contributed by atoms with Crippen molar-refractivity contribution in [3.8, 4) is 0 Å². The summed E-state index contributed by atoms with van der Waals surface area (Å²) in [6.45, 7) is 5.65. The minimum Gasteiger partial charge on any atom is -0.301 e. The number of nitrogens with zero attached hydrogens (tertiary/aromatic N) is 2. The van der Waals surface area contributed by atoms with Crippen molar-refractivity contribution in [1.29, 1.82) is 0 Å². The van der Waals surface area contributed by atoms with Crippen molar-refractivity contribution in [1.82, 2.24) is 9.21 Å². The first kappa shape index (κ1) is 13.8. The Morgan fingerprint density at radius 3 is 2.33 bits per heavy atom. The molecule has 0 aromatic heterocycles. The van der Waals surface area contributed by atoms with E-state index in [1.54, 1.807) is 24.3 Å². The molecule has 1 aromatic rings. The van der Waals surface area contributed by atoms with Crippen LogP contribution in [0.3, 0.4) is 0 Å². The third kappa shape index (κ3) is 2.69. The lowest BCUT2D eigenvalue weighted by molar-refractivity contribution is 0.196. The van der Waals surface area contributed by atoms with Crippen LogP contribution in [-0.4, -0.2) is 50.3 Å². The van der Waals surface area contributed by atoms with Crippen LogP contribution >= 0.6 is 11.6 Å². The van der Waals surface area contributed by atoms with E-state index < -0.39 is 10.0 Å². The molecule has 18 heavy (non-hydrogen) atoms. The van der Waals surface area contributed by atoms with E-state index in [1.165, 1.54) is 4.31 Å². The second-order valence-corrected chi connectivity index (χ2v) is 6.58. The fourth-order valence-corrected chi connectivity index (χ4v) is 3.99. The van der Waals surface area contributed by atoms with Gasteiger partial charge in [0.25, 0.3) is 0 Å². The van der Waals surface area contributed by atoms with Crippen LogP contribution in [-0.2, 0) is 10.0 Å². The molecule has 1 fully saturated rings. The SMILES string of the molecule is CCN1CCN(S(=O)(=O)c2ccccc2Cl)CC1. The predicted octanol–water partition coefficient (Wildman–Crippen LogP) is 1.67. The first-order chi connectivity index (χ1) is 8.55. The van der Waals surface area contributed by atoms with Crippen LogP contribution in [0, 0.1) is 0 Å². The van der Waals surface area contributed by atoms with Gasteiger partial charge >= 0.3 is 0 Å². The summed E-state index contributed by atoms with van der Waals surface area (Å²) in [6.07, 6.45) is 0. The average Bonchev–Trinajstić information content (AvgIpc) is 2.39. The molecule has 6 heteroatoms. The van der Waals surface area contributed by atoms with E-state index >= 15 is 0 Å². The Balaban J connectivity index is 2.20. The Morgan fingerprint density at radius 1 is 1.17 bits per heavy atom. The van der Waals surface area contributed by atoms with Crippen molar-refractivity contribution in [2.45, 2.75) is 11.8 Å². The van der Waals surface area contributed by atoms with Gasteiger partial charge in [-0.25, -0.2) is 8.42 Å². The Kier molecular flexibility index (Phi) is 4.27. The molecular weight excluding hydrogens is 272 g/mol. The summed E-state index contributed by atoms with van der Waals surface area (Å²) in [4.78, 5) is 2.44. The highest BCUT2D eigenvalue weighted by atomic mass is 35.5. The van der Waals surface area contributed by atoms with Gasteiger partial charge in [-0.05, 0) is 18.7 Å². The van der Waals surface area contributed by atoms with Crippen LogP contribution in [0.5, 0.6) is 0 Å². The summed E-state index contributed by atoms with van der Waals surface area (Å²) in [5, 5.41) is 0.287. The number of piperazine rings is 1. The van der Waals surface area contributed by atoms with Gasteiger partial charge in [-0.3, -0.25) is 0 Å². The molecule has 2 rings (SSSR count). The molecule has 100 valence electrons. The Hall–Kier alpha value is -0.620. The summed E-state index contributed by atoms with van der Waals surface area (Å²) >= 11 is 5.97. The van der Waals surface area contributed by atoms with Crippen molar-refractivity contribution in [3.63, 3.8) is 0 Å². The van der Waals surface area contributed by atoms with E-state index in [0.717, 1.165) is 19.6 Å². The molecule has 1 aliphatic heterocycles. The Labute approximate surface area is 113 Å². The summed E-state index contributed by atoms with van der Waals surface area (Å²) in [7, 11) is -3.45. The van der Waals surface area contributed by atoms with Gasteiger partial charge in [0.2, 0.25) is 10.0 Å². The highest BCUT2D eigenvalue weighted by Crippen LogP contribution is 2.24. The topological polar surface area (TPSA) is 40.6 Å². The monoisotopic (exact) mass is 288 g/mol. The summed E-state index contributed by atoms with van der Waals surface area (Å²) in [5.74, 6) is 0. The molecular formula is C12H17ClN2O2S. The number of halogens is 1. The number of hydrogen-bond acceptors (Lipinski definition) is 3. The molecule has 4 nitrogen and oxygen atoms in total. The molecule has 0 unspecified atom stereocenters. The lowest BCUT2D eigenvalue weighted by atomic mass is 10.4. The summed E-state index contributed by atoms with van der Waals surface area (Å²) in [6, 6.07) is 6.60. The molecule has 0 bridgehead atoms. The maximum Gasteiger partial charge on any atom is 0.244 e. The van der Waals surface area contributed by atoms with Crippen LogP contribution in [0.2, 0.25) is 5.02 Å². The molecule has 1 heterocycles. The molecule has 0 saturated carbocycles. The van der Waals surface area contributed by atoms with Gasteiger partial charge in [0, 0.05) is 26.2 Å². The zero-order valence-electron chi connectivity index (χ0n) is 10.3. The zero-order chi connectivity index (χ0) is 13.2. The number of rotatable bonds is 3. The molecule has 0 atom stereocenters. The van der Waals surface area contributed by atoms with Crippen LogP contribution in [0.25, 0.3) is 0 Å². The van der Waals surface area contributed by atoms with Crippen LogP contribution in [0.15, 0.2) is 29.2 Å². The molecule has 0 spiro atoms.